The molecule has 0 unspecified atom stereocenters. The number of aromatic amines is 1. The monoisotopic (exact) mass is 253 g/mol. The molecule has 2 nitrogen and oxygen atoms in total. The highest BCUT2D eigenvalue weighted by molar-refractivity contribution is 5.97. The van der Waals surface area contributed by atoms with Gasteiger partial charge >= 0.3 is 0 Å². The Morgan fingerprint density at radius 2 is 2.11 bits per heavy atom. The van der Waals surface area contributed by atoms with E-state index in [0.29, 0.717) is 0 Å². The van der Waals surface area contributed by atoms with Crippen LogP contribution in [0.25, 0.3) is 22.2 Å². The van der Waals surface area contributed by atoms with Crippen molar-refractivity contribution < 1.29 is 9.13 Å². The molecule has 0 bridgehead atoms. The maximum Gasteiger partial charge on any atom is 0.142 e. The van der Waals surface area contributed by atoms with Crippen LogP contribution in [0.1, 0.15) is 11.1 Å². The van der Waals surface area contributed by atoms with Gasteiger partial charge in [0.1, 0.15) is 11.6 Å². The maximum atomic E-state index is 13.3. The third-order valence-corrected chi connectivity index (χ3v) is 3.83. The summed E-state index contributed by atoms with van der Waals surface area (Å²) in [6, 6.07) is 11.0. The van der Waals surface area contributed by atoms with E-state index in [1.807, 2.05) is 18.2 Å². The van der Waals surface area contributed by atoms with E-state index in [1.165, 1.54) is 11.6 Å². The molecular weight excluding hydrogens is 241 g/mol. The second kappa shape index (κ2) is 3.60. The SMILES string of the molecule is COc1cccc2c3c([nH]c12)-c1ccc(F)cc1C3. The number of fused-ring (bicyclic) bond motifs is 5. The van der Waals surface area contributed by atoms with Crippen LogP contribution in [-0.4, -0.2) is 12.1 Å². The molecule has 0 saturated carbocycles. The third-order valence-electron chi connectivity index (χ3n) is 3.83. The van der Waals surface area contributed by atoms with Crippen LogP contribution < -0.4 is 4.74 Å². The van der Waals surface area contributed by atoms with Gasteiger partial charge < -0.3 is 9.72 Å². The molecule has 1 aromatic heterocycles. The van der Waals surface area contributed by atoms with Gasteiger partial charge in [-0.05, 0) is 35.4 Å². The van der Waals surface area contributed by atoms with E-state index in [-0.39, 0.29) is 5.82 Å². The maximum absolute atomic E-state index is 13.3. The van der Waals surface area contributed by atoms with Gasteiger partial charge in [0.2, 0.25) is 0 Å². The molecule has 1 aliphatic rings. The zero-order valence-electron chi connectivity index (χ0n) is 10.5. The first-order valence-corrected chi connectivity index (χ1v) is 6.24. The van der Waals surface area contributed by atoms with Crippen molar-refractivity contribution in [2.75, 3.05) is 7.11 Å². The molecule has 0 atom stereocenters. The Morgan fingerprint density at radius 1 is 1.21 bits per heavy atom. The largest absolute Gasteiger partial charge is 0.495 e. The second-order valence-electron chi connectivity index (χ2n) is 4.84. The van der Waals surface area contributed by atoms with Crippen LogP contribution in [0.2, 0.25) is 0 Å². The number of aromatic nitrogens is 1. The van der Waals surface area contributed by atoms with Crippen LogP contribution in [-0.2, 0) is 6.42 Å². The van der Waals surface area contributed by atoms with Crippen molar-refractivity contribution in [1.82, 2.24) is 4.98 Å². The van der Waals surface area contributed by atoms with Gasteiger partial charge in [0.25, 0.3) is 0 Å². The van der Waals surface area contributed by atoms with Crippen molar-refractivity contribution in [3.63, 3.8) is 0 Å². The molecule has 0 aliphatic heterocycles. The lowest BCUT2D eigenvalue weighted by Crippen LogP contribution is -1.87. The zero-order chi connectivity index (χ0) is 13.0. The molecule has 0 fully saturated rings. The molecule has 94 valence electrons. The number of para-hydroxylation sites is 1. The van der Waals surface area contributed by atoms with Crippen LogP contribution in [0, 0.1) is 5.82 Å². The van der Waals surface area contributed by atoms with Crippen molar-refractivity contribution in [3.8, 4) is 17.0 Å². The molecular formula is C16H12FNO. The fourth-order valence-electron chi connectivity index (χ4n) is 2.97. The first-order valence-electron chi connectivity index (χ1n) is 6.24. The lowest BCUT2D eigenvalue weighted by Gasteiger charge is -2.03. The third kappa shape index (κ3) is 1.35. The summed E-state index contributed by atoms with van der Waals surface area (Å²) in [4.78, 5) is 3.42. The number of hydrogen-bond acceptors (Lipinski definition) is 1. The zero-order valence-corrected chi connectivity index (χ0v) is 10.5. The Balaban J connectivity index is 2.03. The topological polar surface area (TPSA) is 25.0 Å². The van der Waals surface area contributed by atoms with Gasteiger partial charge in [-0.25, -0.2) is 4.39 Å². The molecule has 0 amide bonds. The number of nitrogens with one attached hydrogen (secondary N) is 1. The number of hydrogen-bond donors (Lipinski definition) is 1. The van der Waals surface area contributed by atoms with Gasteiger partial charge in [-0.3, -0.25) is 0 Å². The van der Waals surface area contributed by atoms with Crippen molar-refractivity contribution in [2.45, 2.75) is 6.42 Å². The Morgan fingerprint density at radius 3 is 2.95 bits per heavy atom. The minimum atomic E-state index is -0.175. The summed E-state index contributed by atoms with van der Waals surface area (Å²) in [5.41, 5.74) is 5.48. The highest BCUT2D eigenvalue weighted by Crippen LogP contribution is 2.42. The fraction of sp³-hybridized carbons (Fsp3) is 0.125. The smallest absolute Gasteiger partial charge is 0.142 e. The van der Waals surface area contributed by atoms with Crippen LogP contribution in [0.4, 0.5) is 4.39 Å². The second-order valence-corrected chi connectivity index (χ2v) is 4.84. The van der Waals surface area contributed by atoms with Crippen LogP contribution in [0.5, 0.6) is 5.75 Å². The van der Waals surface area contributed by atoms with E-state index in [0.717, 1.165) is 39.9 Å². The molecule has 1 N–H and O–H groups in total. The molecule has 0 saturated heterocycles. The van der Waals surface area contributed by atoms with E-state index in [4.69, 9.17) is 4.74 Å². The van der Waals surface area contributed by atoms with Gasteiger partial charge in [-0.1, -0.05) is 12.1 Å². The van der Waals surface area contributed by atoms with Gasteiger partial charge in [0.15, 0.2) is 0 Å². The molecule has 3 aromatic rings. The Labute approximate surface area is 109 Å². The lowest BCUT2D eigenvalue weighted by atomic mass is 10.1. The van der Waals surface area contributed by atoms with Crippen LogP contribution in [0.3, 0.4) is 0 Å². The Hall–Kier alpha value is -2.29. The summed E-state index contributed by atoms with van der Waals surface area (Å²) >= 11 is 0. The molecule has 0 radical (unpaired) electrons. The molecule has 4 rings (SSSR count). The predicted molar refractivity (Wildman–Crippen MR) is 73.1 cm³/mol. The summed E-state index contributed by atoms with van der Waals surface area (Å²) in [6.45, 7) is 0. The van der Waals surface area contributed by atoms with E-state index >= 15 is 0 Å². The van der Waals surface area contributed by atoms with E-state index in [1.54, 1.807) is 13.2 Å². The summed E-state index contributed by atoms with van der Waals surface area (Å²) in [5.74, 6) is 0.668. The summed E-state index contributed by atoms with van der Waals surface area (Å²) in [7, 11) is 1.67. The molecule has 0 spiro atoms. The predicted octanol–water partition coefficient (Wildman–Crippen LogP) is 3.89. The summed E-state index contributed by atoms with van der Waals surface area (Å²) in [5, 5.41) is 1.16. The van der Waals surface area contributed by atoms with Gasteiger partial charge in [0.05, 0.1) is 18.3 Å². The Kier molecular flexibility index (Phi) is 2.01. The molecule has 2 aromatic carbocycles. The van der Waals surface area contributed by atoms with E-state index in [2.05, 4.69) is 11.1 Å². The van der Waals surface area contributed by atoms with Crippen molar-refractivity contribution in [2.24, 2.45) is 0 Å². The van der Waals surface area contributed by atoms with Gasteiger partial charge in [0, 0.05) is 17.4 Å². The van der Waals surface area contributed by atoms with Gasteiger partial charge in [-0.2, -0.15) is 0 Å². The first-order chi connectivity index (χ1) is 9.28. The average Bonchev–Trinajstić information content (AvgIpc) is 2.93. The minimum absolute atomic E-state index is 0.175. The van der Waals surface area contributed by atoms with Crippen LogP contribution in [0.15, 0.2) is 36.4 Å². The van der Waals surface area contributed by atoms with Gasteiger partial charge in [-0.15, -0.1) is 0 Å². The molecule has 19 heavy (non-hydrogen) atoms. The quantitative estimate of drug-likeness (QED) is 0.547. The highest BCUT2D eigenvalue weighted by atomic mass is 19.1. The Bertz CT molecular complexity index is 804. The molecule has 1 heterocycles. The number of rotatable bonds is 1. The van der Waals surface area contributed by atoms with E-state index in [9.17, 15) is 4.39 Å². The lowest BCUT2D eigenvalue weighted by molar-refractivity contribution is 0.419. The highest BCUT2D eigenvalue weighted by Gasteiger charge is 2.24. The van der Waals surface area contributed by atoms with E-state index < -0.39 is 0 Å². The van der Waals surface area contributed by atoms with Crippen molar-refractivity contribution in [1.29, 1.82) is 0 Å². The number of halogens is 1. The van der Waals surface area contributed by atoms with Crippen molar-refractivity contribution >= 4 is 10.9 Å². The minimum Gasteiger partial charge on any atom is -0.495 e. The van der Waals surface area contributed by atoms with Crippen LogP contribution >= 0.6 is 0 Å². The standard InChI is InChI=1S/C16H12FNO/c1-19-14-4-2-3-12-13-8-9-7-10(17)5-6-11(9)15(13)18-16(12)14/h2-7,18H,8H2,1H3. The number of H-pyrrole nitrogens is 1. The average molecular weight is 253 g/mol. The molecule has 3 heteroatoms. The fourth-order valence-corrected chi connectivity index (χ4v) is 2.97. The summed E-state index contributed by atoms with van der Waals surface area (Å²) < 4.78 is 18.7. The first kappa shape index (κ1) is 10.6. The summed E-state index contributed by atoms with van der Waals surface area (Å²) in [6.07, 6.45) is 0.773. The number of methoxy groups -OCH3 is 1. The van der Waals surface area contributed by atoms with Crippen molar-refractivity contribution in [3.05, 3.63) is 53.3 Å². The normalized spacial score (nSPS) is 12.5. The molecule has 1 aliphatic carbocycles. The number of benzene rings is 2. The number of ether oxygens (including phenoxy) is 1.